The van der Waals surface area contributed by atoms with Gasteiger partial charge in [-0.15, -0.1) is 0 Å². The molecule has 0 radical (unpaired) electrons. The number of hydrogen-bond acceptors (Lipinski definition) is 5. The molecule has 0 spiro atoms. The SMILES string of the molecule is N#Cc1ccc(Oc2ccc3nc(C(=O)NCc4ccncc4)ccc3c2)cc1. The Morgan fingerprint density at radius 2 is 1.72 bits per heavy atom. The Balaban J connectivity index is 1.47. The first kappa shape index (κ1) is 18.1. The summed E-state index contributed by atoms with van der Waals surface area (Å²) in [6, 6.07) is 21.7. The number of carbonyl (C=O) groups is 1. The Labute approximate surface area is 167 Å². The van der Waals surface area contributed by atoms with Crippen molar-refractivity contribution < 1.29 is 9.53 Å². The van der Waals surface area contributed by atoms with E-state index < -0.39 is 0 Å². The fourth-order valence-corrected chi connectivity index (χ4v) is 2.80. The smallest absolute Gasteiger partial charge is 0.270 e. The summed E-state index contributed by atoms with van der Waals surface area (Å²) in [6.07, 6.45) is 3.38. The minimum absolute atomic E-state index is 0.235. The predicted octanol–water partition coefficient (Wildman–Crippen LogP) is 4.22. The molecule has 4 rings (SSSR count). The van der Waals surface area contributed by atoms with Crippen molar-refractivity contribution in [1.29, 1.82) is 5.26 Å². The summed E-state index contributed by atoms with van der Waals surface area (Å²) in [5, 5.41) is 12.6. The molecule has 4 aromatic rings. The molecule has 0 atom stereocenters. The highest BCUT2D eigenvalue weighted by Gasteiger charge is 2.09. The van der Waals surface area contributed by atoms with Crippen LogP contribution in [-0.2, 0) is 6.54 Å². The Hall–Kier alpha value is -4.24. The van der Waals surface area contributed by atoms with E-state index in [4.69, 9.17) is 10.00 Å². The lowest BCUT2D eigenvalue weighted by Crippen LogP contribution is -2.23. The first-order valence-electron chi connectivity index (χ1n) is 8.97. The molecule has 6 heteroatoms. The number of ether oxygens (including phenoxy) is 1. The van der Waals surface area contributed by atoms with Gasteiger partial charge in [0.25, 0.3) is 5.91 Å². The molecule has 1 N–H and O–H groups in total. The van der Waals surface area contributed by atoms with Crippen molar-refractivity contribution in [1.82, 2.24) is 15.3 Å². The number of nitrogens with zero attached hydrogens (tertiary/aromatic N) is 3. The average molecular weight is 380 g/mol. The number of nitriles is 1. The standard InChI is InChI=1S/C23H16N4O2/c24-14-16-1-4-19(5-2-16)29-20-6-8-21-18(13-20)3-7-22(27-21)23(28)26-15-17-9-11-25-12-10-17/h1-13H,15H2,(H,26,28). The summed E-state index contributed by atoms with van der Waals surface area (Å²) in [5.74, 6) is 1.06. The molecule has 29 heavy (non-hydrogen) atoms. The first-order chi connectivity index (χ1) is 14.2. The van der Waals surface area contributed by atoms with E-state index in [0.29, 0.717) is 34.8 Å². The lowest BCUT2D eigenvalue weighted by molar-refractivity contribution is 0.0946. The Morgan fingerprint density at radius 3 is 2.48 bits per heavy atom. The Kier molecular flexibility index (Phi) is 5.12. The van der Waals surface area contributed by atoms with Gasteiger partial charge in [-0.3, -0.25) is 9.78 Å². The summed E-state index contributed by atoms with van der Waals surface area (Å²) < 4.78 is 5.83. The molecule has 0 bridgehead atoms. The second-order valence-corrected chi connectivity index (χ2v) is 6.33. The van der Waals surface area contributed by atoms with Crippen molar-refractivity contribution in [3.8, 4) is 17.6 Å². The monoisotopic (exact) mass is 380 g/mol. The average Bonchev–Trinajstić information content (AvgIpc) is 2.78. The zero-order valence-corrected chi connectivity index (χ0v) is 15.4. The van der Waals surface area contributed by atoms with Gasteiger partial charge in [-0.05, 0) is 66.2 Å². The molecule has 0 aliphatic rings. The maximum atomic E-state index is 12.4. The Morgan fingerprint density at radius 1 is 0.966 bits per heavy atom. The van der Waals surface area contributed by atoms with Crippen LogP contribution in [0.4, 0.5) is 0 Å². The van der Waals surface area contributed by atoms with Crippen molar-refractivity contribution in [3.63, 3.8) is 0 Å². The van der Waals surface area contributed by atoms with Gasteiger partial charge in [-0.25, -0.2) is 4.98 Å². The zero-order valence-electron chi connectivity index (χ0n) is 15.4. The van der Waals surface area contributed by atoms with Gasteiger partial charge in [0.1, 0.15) is 17.2 Å². The van der Waals surface area contributed by atoms with Gasteiger partial charge in [-0.2, -0.15) is 5.26 Å². The number of aromatic nitrogens is 2. The highest BCUT2D eigenvalue weighted by molar-refractivity contribution is 5.95. The summed E-state index contributed by atoms with van der Waals surface area (Å²) >= 11 is 0. The van der Waals surface area contributed by atoms with Crippen molar-refractivity contribution in [2.45, 2.75) is 6.54 Å². The largest absolute Gasteiger partial charge is 0.457 e. The van der Waals surface area contributed by atoms with Crippen LogP contribution in [0.5, 0.6) is 11.5 Å². The highest BCUT2D eigenvalue weighted by Crippen LogP contribution is 2.25. The number of carbonyl (C=O) groups excluding carboxylic acids is 1. The molecule has 0 saturated heterocycles. The topological polar surface area (TPSA) is 87.9 Å². The van der Waals surface area contributed by atoms with Gasteiger partial charge >= 0.3 is 0 Å². The van der Waals surface area contributed by atoms with Crippen molar-refractivity contribution in [2.75, 3.05) is 0 Å². The van der Waals surface area contributed by atoms with Gasteiger partial charge in [0, 0.05) is 24.3 Å². The number of hydrogen-bond donors (Lipinski definition) is 1. The van der Waals surface area contributed by atoms with E-state index >= 15 is 0 Å². The second kappa shape index (κ2) is 8.19. The predicted molar refractivity (Wildman–Crippen MR) is 108 cm³/mol. The molecular formula is C23H16N4O2. The molecule has 0 aliphatic heterocycles. The summed E-state index contributed by atoms with van der Waals surface area (Å²) in [6.45, 7) is 0.415. The third-order valence-corrected chi connectivity index (χ3v) is 4.31. The molecule has 1 amide bonds. The summed E-state index contributed by atoms with van der Waals surface area (Å²) in [5.41, 5.74) is 2.61. The fourth-order valence-electron chi connectivity index (χ4n) is 2.80. The quantitative estimate of drug-likeness (QED) is 0.560. The van der Waals surface area contributed by atoms with Gasteiger partial charge < -0.3 is 10.1 Å². The summed E-state index contributed by atoms with van der Waals surface area (Å²) in [7, 11) is 0. The first-order valence-corrected chi connectivity index (χ1v) is 8.97. The molecule has 2 aromatic heterocycles. The third kappa shape index (κ3) is 4.37. The number of benzene rings is 2. The number of fused-ring (bicyclic) bond motifs is 1. The van der Waals surface area contributed by atoms with Crippen LogP contribution in [0, 0.1) is 11.3 Å². The van der Waals surface area contributed by atoms with E-state index in [1.807, 2.05) is 30.3 Å². The number of nitrogens with one attached hydrogen (secondary N) is 1. The van der Waals surface area contributed by atoms with E-state index in [1.165, 1.54) is 0 Å². The Bertz CT molecular complexity index is 1200. The zero-order chi connectivity index (χ0) is 20.1. The number of amides is 1. The van der Waals surface area contributed by atoms with E-state index in [2.05, 4.69) is 21.4 Å². The lowest BCUT2D eigenvalue weighted by atomic mass is 10.2. The second-order valence-electron chi connectivity index (χ2n) is 6.33. The highest BCUT2D eigenvalue weighted by atomic mass is 16.5. The minimum atomic E-state index is -0.235. The fraction of sp³-hybridized carbons (Fsp3) is 0.0435. The van der Waals surface area contributed by atoms with E-state index in [1.54, 1.807) is 48.8 Å². The molecule has 0 fully saturated rings. The normalized spacial score (nSPS) is 10.3. The number of rotatable bonds is 5. The molecule has 0 saturated carbocycles. The minimum Gasteiger partial charge on any atom is -0.457 e. The van der Waals surface area contributed by atoms with Crippen LogP contribution in [0.2, 0.25) is 0 Å². The van der Waals surface area contributed by atoms with E-state index in [9.17, 15) is 4.79 Å². The molecule has 0 unspecified atom stereocenters. The van der Waals surface area contributed by atoms with Crippen LogP contribution in [0.15, 0.2) is 79.1 Å². The summed E-state index contributed by atoms with van der Waals surface area (Å²) in [4.78, 5) is 20.8. The van der Waals surface area contributed by atoms with Gasteiger partial charge in [0.15, 0.2) is 0 Å². The lowest BCUT2D eigenvalue weighted by Gasteiger charge is -2.08. The maximum absolute atomic E-state index is 12.4. The van der Waals surface area contributed by atoms with Crippen LogP contribution in [0.1, 0.15) is 21.6 Å². The molecule has 140 valence electrons. The molecular weight excluding hydrogens is 364 g/mol. The molecule has 2 aromatic carbocycles. The van der Waals surface area contributed by atoms with Crippen LogP contribution >= 0.6 is 0 Å². The van der Waals surface area contributed by atoms with Crippen LogP contribution in [0.3, 0.4) is 0 Å². The third-order valence-electron chi connectivity index (χ3n) is 4.31. The van der Waals surface area contributed by atoms with E-state index in [0.717, 1.165) is 10.9 Å². The molecule has 6 nitrogen and oxygen atoms in total. The maximum Gasteiger partial charge on any atom is 0.270 e. The number of pyridine rings is 2. The van der Waals surface area contributed by atoms with Crippen molar-refractivity contribution in [3.05, 3.63) is 95.9 Å². The van der Waals surface area contributed by atoms with E-state index in [-0.39, 0.29) is 5.91 Å². The molecule has 0 aliphatic carbocycles. The van der Waals surface area contributed by atoms with Crippen molar-refractivity contribution in [2.24, 2.45) is 0 Å². The van der Waals surface area contributed by atoms with Crippen LogP contribution in [0.25, 0.3) is 10.9 Å². The van der Waals surface area contributed by atoms with Crippen LogP contribution in [-0.4, -0.2) is 15.9 Å². The van der Waals surface area contributed by atoms with Gasteiger partial charge in [0.2, 0.25) is 0 Å². The van der Waals surface area contributed by atoms with Crippen LogP contribution < -0.4 is 10.1 Å². The van der Waals surface area contributed by atoms with Gasteiger partial charge in [0.05, 0.1) is 17.1 Å². The van der Waals surface area contributed by atoms with Crippen molar-refractivity contribution >= 4 is 16.8 Å². The molecule has 2 heterocycles. The van der Waals surface area contributed by atoms with Gasteiger partial charge in [-0.1, -0.05) is 6.07 Å².